The molecule has 0 aliphatic heterocycles. The van der Waals surface area contributed by atoms with Gasteiger partial charge in [-0.25, -0.2) is 0 Å². The van der Waals surface area contributed by atoms with Gasteiger partial charge in [-0.05, 0) is 0 Å². The van der Waals surface area contributed by atoms with Crippen molar-refractivity contribution in [3.8, 4) is 0 Å². The molecule has 4 rings (SSSR count). The van der Waals surface area contributed by atoms with Gasteiger partial charge in [0.25, 0.3) is 0 Å². The molecule has 0 saturated heterocycles. The first-order valence-electron chi connectivity index (χ1n) is 9.45. The van der Waals surface area contributed by atoms with E-state index in [-0.39, 0.29) is 0 Å². The van der Waals surface area contributed by atoms with Gasteiger partial charge in [0.1, 0.15) is 0 Å². The maximum atomic E-state index is 7.80. The predicted molar refractivity (Wildman–Crippen MR) is 134 cm³/mol. The SMILES string of the molecule is [B]P(Cc1cc(Cl)ccc1Br)(c1ccccc1)(c1ccccc1)c1ccccc1. The van der Waals surface area contributed by atoms with Gasteiger partial charge in [-0.15, -0.1) is 0 Å². The molecular weight excluding hydrogens is 457 g/mol. The molecule has 0 saturated carbocycles. The summed E-state index contributed by atoms with van der Waals surface area (Å²) in [5, 5.41) is 4.18. The van der Waals surface area contributed by atoms with E-state index in [1.807, 2.05) is 36.4 Å². The summed E-state index contributed by atoms with van der Waals surface area (Å²) in [4.78, 5) is 0. The van der Waals surface area contributed by atoms with Crippen molar-refractivity contribution in [1.29, 1.82) is 0 Å². The second-order valence-electron chi connectivity index (χ2n) is 7.28. The van der Waals surface area contributed by atoms with Crippen LogP contribution in [0.5, 0.6) is 0 Å². The fraction of sp³-hybridized carbons (Fsp3) is 0.0400. The van der Waals surface area contributed by atoms with E-state index in [2.05, 4.69) is 88.7 Å². The van der Waals surface area contributed by atoms with Crippen LogP contribution in [-0.2, 0) is 6.16 Å². The fourth-order valence-corrected chi connectivity index (χ4v) is 9.81. The third-order valence-corrected chi connectivity index (χ3v) is 12.0. The number of hydrogen-bond donors (Lipinski definition) is 0. The Morgan fingerprint density at radius 3 is 1.48 bits per heavy atom. The van der Waals surface area contributed by atoms with E-state index in [1.165, 1.54) is 0 Å². The summed E-state index contributed by atoms with van der Waals surface area (Å²) >= 11 is 10.1. The Balaban J connectivity index is 2.11. The Kier molecular flexibility index (Phi) is 5.71. The van der Waals surface area contributed by atoms with Crippen molar-refractivity contribution >= 4 is 57.5 Å². The zero-order valence-corrected chi connectivity index (χ0v) is 19.1. The van der Waals surface area contributed by atoms with Gasteiger partial charge in [-0.3, -0.25) is 0 Å². The van der Waals surface area contributed by atoms with Gasteiger partial charge in [-0.1, -0.05) is 0 Å². The Labute approximate surface area is 187 Å². The zero-order chi connectivity index (χ0) is 20.3. The van der Waals surface area contributed by atoms with E-state index in [0.717, 1.165) is 25.9 Å². The molecule has 0 N–H and O–H groups in total. The van der Waals surface area contributed by atoms with Crippen LogP contribution in [0.4, 0.5) is 0 Å². The molecule has 0 nitrogen and oxygen atoms in total. The van der Waals surface area contributed by atoms with Gasteiger partial charge in [0, 0.05) is 0 Å². The molecule has 0 unspecified atom stereocenters. The Morgan fingerprint density at radius 1 is 0.655 bits per heavy atom. The minimum absolute atomic E-state index is 0.671. The number of hydrogen-bond acceptors (Lipinski definition) is 0. The molecule has 0 spiro atoms. The van der Waals surface area contributed by atoms with Gasteiger partial charge in [-0.2, -0.15) is 0 Å². The van der Waals surface area contributed by atoms with Crippen LogP contribution in [-0.4, -0.2) is 7.57 Å². The molecule has 142 valence electrons. The van der Waals surface area contributed by atoms with Gasteiger partial charge >= 0.3 is 188 Å². The third kappa shape index (κ3) is 3.59. The second-order valence-corrected chi connectivity index (χ2v) is 13.2. The van der Waals surface area contributed by atoms with Gasteiger partial charge in [0.05, 0.1) is 0 Å². The molecule has 4 aromatic carbocycles. The minimum atomic E-state index is -3.33. The molecule has 0 aliphatic carbocycles. The molecule has 0 heterocycles. The molecule has 4 aromatic rings. The Morgan fingerprint density at radius 2 is 1.07 bits per heavy atom. The number of halogens is 2. The van der Waals surface area contributed by atoms with Crippen LogP contribution in [0.15, 0.2) is 114 Å². The van der Waals surface area contributed by atoms with Crippen LogP contribution >= 0.6 is 34.0 Å². The standard InChI is InChI=1S/C25H20BBrClP/c26-29(22-10-4-1-5-11-22,23-12-6-2-7-13-23,24-14-8-3-9-15-24)19-20-18-21(28)16-17-25(20)27/h1-18H,19H2. The maximum absolute atomic E-state index is 7.80. The third-order valence-electron chi connectivity index (χ3n) is 5.54. The van der Waals surface area contributed by atoms with Crippen LogP contribution in [0.1, 0.15) is 5.56 Å². The van der Waals surface area contributed by atoms with Crippen LogP contribution in [0.25, 0.3) is 0 Å². The molecule has 0 aromatic heterocycles. The van der Waals surface area contributed by atoms with Crippen LogP contribution in [0, 0.1) is 0 Å². The second kappa shape index (κ2) is 8.11. The number of rotatable bonds is 5. The van der Waals surface area contributed by atoms with Crippen molar-refractivity contribution < 1.29 is 0 Å². The summed E-state index contributed by atoms with van der Waals surface area (Å²) in [5.41, 5.74) is 1.11. The van der Waals surface area contributed by atoms with E-state index in [1.54, 1.807) is 0 Å². The van der Waals surface area contributed by atoms with Gasteiger partial charge in [0.2, 0.25) is 0 Å². The van der Waals surface area contributed by atoms with Crippen molar-refractivity contribution in [1.82, 2.24) is 0 Å². The van der Waals surface area contributed by atoms with Crippen LogP contribution < -0.4 is 15.9 Å². The van der Waals surface area contributed by atoms with Gasteiger partial charge in [0.15, 0.2) is 0 Å². The van der Waals surface area contributed by atoms with E-state index in [4.69, 9.17) is 19.2 Å². The fourth-order valence-electron chi connectivity index (χ4n) is 4.05. The zero-order valence-electron chi connectivity index (χ0n) is 15.9. The van der Waals surface area contributed by atoms with E-state index < -0.39 is 6.48 Å². The van der Waals surface area contributed by atoms with Crippen molar-refractivity contribution in [2.75, 3.05) is 0 Å². The van der Waals surface area contributed by atoms with Crippen molar-refractivity contribution in [3.63, 3.8) is 0 Å². The number of benzene rings is 4. The molecule has 0 atom stereocenters. The van der Waals surface area contributed by atoms with Crippen LogP contribution in [0.2, 0.25) is 5.02 Å². The summed E-state index contributed by atoms with van der Waals surface area (Å²) in [6, 6.07) is 37.4. The average molecular weight is 478 g/mol. The first kappa shape index (κ1) is 20.4. The molecule has 0 aliphatic rings. The summed E-state index contributed by atoms with van der Waals surface area (Å²) in [6.07, 6.45) is 0.671. The molecule has 0 amide bonds. The average Bonchev–Trinajstić information content (AvgIpc) is 2.78. The summed E-state index contributed by atoms with van der Waals surface area (Å²) in [7, 11) is 7.80. The van der Waals surface area contributed by atoms with Gasteiger partial charge < -0.3 is 0 Å². The topological polar surface area (TPSA) is 0 Å². The molecular formula is C25H20BBrClP. The molecule has 2 radical (unpaired) electrons. The normalized spacial score (nSPS) is 12.8. The van der Waals surface area contributed by atoms with E-state index in [0.29, 0.717) is 11.2 Å². The quantitative estimate of drug-likeness (QED) is 0.237. The molecule has 4 heteroatoms. The predicted octanol–water partition coefficient (Wildman–Crippen LogP) is 6.22. The summed E-state index contributed by atoms with van der Waals surface area (Å²) < 4.78 is 1.02. The van der Waals surface area contributed by atoms with Crippen LogP contribution in [0.3, 0.4) is 0 Å². The summed E-state index contributed by atoms with van der Waals surface area (Å²) in [5.74, 6) is 0. The monoisotopic (exact) mass is 476 g/mol. The van der Waals surface area contributed by atoms with E-state index in [9.17, 15) is 0 Å². The molecule has 0 bridgehead atoms. The first-order chi connectivity index (χ1) is 14.0. The Hall–Kier alpha value is -1.86. The van der Waals surface area contributed by atoms with E-state index >= 15 is 0 Å². The van der Waals surface area contributed by atoms with Crippen molar-refractivity contribution in [2.45, 2.75) is 6.16 Å². The first-order valence-corrected chi connectivity index (χ1v) is 13.1. The molecule has 0 fully saturated rings. The molecule has 29 heavy (non-hydrogen) atoms. The summed E-state index contributed by atoms with van der Waals surface area (Å²) in [6.45, 7) is -3.33. The Bertz CT molecular complexity index is 1020. The van der Waals surface area contributed by atoms with Crippen molar-refractivity contribution in [3.05, 3.63) is 124 Å². The van der Waals surface area contributed by atoms with Crippen molar-refractivity contribution in [2.24, 2.45) is 0 Å².